The van der Waals surface area contributed by atoms with Crippen molar-refractivity contribution in [2.75, 3.05) is 12.4 Å². The molecule has 0 saturated carbocycles. The standard InChI is InChI=1S/C25H24N2O4/c1-17(28)26-22-14-12-21(13-15-22)24(29)27-23(25(30)31-2)16-18-8-10-20(11-9-18)19-6-4-3-5-7-19/h3-15,23H,16H2,1-2H3,(H,26,28)(H,27,29)/t23-/m0/s1. The van der Waals surface area contributed by atoms with Crippen molar-refractivity contribution in [1.29, 1.82) is 0 Å². The molecule has 0 aromatic heterocycles. The van der Waals surface area contributed by atoms with Gasteiger partial charge < -0.3 is 15.4 Å². The van der Waals surface area contributed by atoms with Crippen LogP contribution in [0.25, 0.3) is 11.1 Å². The second-order valence-electron chi connectivity index (χ2n) is 7.07. The van der Waals surface area contributed by atoms with Gasteiger partial charge in [-0.25, -0.2) is 4.79 Å². The van der Waals surface area contributed by atoms with Gasteiger partial charge in [-0.2, -0.15) is 0 Å². The van der Waals surface area contributed by atoms with E-state index in [1.54, 1.807) is 24.3 Å². The number of anilines is 1. The van der Waals surface area contributed by atoms with Gasteiger partial charge >= 0.3 is 5.97 Å². The molecule has 0 radical (unpaired) electrons. The first-order valence-electron chi connectivity index (χ1n) is 9.87. The van der Waals surface area contributed by atoms with Crippen molar-refractivity contribution in [2.45, 2.75) is 19.4 Å². The maximum absolute atomic E-state index is 12.6. The van der Waals surface area contributed by atoms with Gasteiger partial charge in [-0.05, 0) is 41.0 Å². The van der Waals surface area contributed by atoms with Crippen molar-refractivity contribution in [3.05, 3.63) is 90.0 Å². The zero-order valence-electron chi connectivity index (χ0n) is 17.4. The first kappa shape index (κ1) is 21.8. The Balaban J connectivity index is 1.69. The Morgan fingerprint density at radius 3 is 2.03 bits per heavy atom. The molecule has 2 N–H and O–H groups in total. The summed E-state index contributed by atoms with van der Waals surface area (Å²) in [5, 5.41) is 5.38. The minimum absolute atomic E-state index is 0.193. The lowest BCUT2D eigenvalue weighted by atomic mass is 10.0. The highest BCUT2D eigenvalue weighted by molar-refractivity contribution is 5.97. The summed E-state index contributed by atoms with van der Waals surface area (Å²) in [5.41, 5.74) is 4.04. The highest BCUT2D eigenvalue weighted by Crippen LogP contribution is 2.20. The second kappa shape index (κ2) is 10.2. The van der Waals surface area contributed by atoms with Crippen molar-refractivity contribution in [2.24, 2.45) is 0 Å². The van der Waals surface area contributed by atoms with Crippen molar-refractivity contribution in [3.8, 4) is 11.1 Å². The number of hydrogen-bond donors (Lipinski definition) is 2. The summed E-state index contributed by atoms with van der Waals surface area (Å²) in [5.74, 6) is -1.11. The smallest absolute Gasteiger partial charge is 0.328 e. The maximum Gasteiger partial charge on any atom is 0.328 e. The molecule has 3 rings (SSSR count). The van der Waals surface area contributed by atoms with Crippen molar-refractivity contribution in [1.82, 2.24) is 5.32 Å². The lowest BCUT2D eigenvalue weighted by molar-refractivity contribution is -0.142. The van der Waals surface area contributed by atoms with Crippen molar-refractivity contribution >= 4 is 23.5 Å². The van der Waals surface area contributed by atoms with E-state index in [4.69, 9.17) is 4.74 Å². The fourth-order valence-corrected chi connectivity index (χ4v) is 3.18. The second-order valence-corrected chi connectivity index (χ2v) is 7.07. The van der Waals surface area contributed by atoms with Crippen LogP contribution < -0.4 is 10.6 Å². The zero-order valence-corrected chi connectivity index (χ0v) is 17.4. The molecule has 158 valence electrons. The molecule has 0 saturated heterocycles. The van der Waals surface area contributed by atoms with Gasteiger partial charge in [0.25, 0.3) is 5.91 Å². The molecule has 6 heteroatoms. The molecular weight excluding hydrogens is 392 g/mol. The molecule has 0 aliphatic carbocycles. The molecule has 0 aliphatic heterocycles. The Hall–Kier alpha value is -3.93. The van der Waals surface area contributed by atoms with Crippen LogP contribution in [0, 0.1) is 0 Å². The number of carbonyl (C=O) groups is 3. The number of hydrogen-bond acceptors (Lipinski definition) is 4. The van der Waals surface area contributed by atoms with Gasteiger partial charge in [0.05, 0.1) is 7.11 Å². The van der Waals surface area contributed by atoms with Gasteiger partial charge in [0, 0.05) is 24.6 Å². The molecule has 0 fully saturated rings. The average molecular weight is 416 g/mol. The van der Waals surface area contributed by atoms with E-state index in [2.05, 4.69) is 10.6 Å². The molecule has 6 nitrogen and oxygen atoms in total. The van der Waals surface area contributed by atoms with Crippen LogP contribution in [-0.4, -0.2) is 30.9 Å². The Kier molecular flexibility index (Phi) is 7.17. The van der Waals surface area contributed by atoms with E-state index in [9.17, 15) is 14.4 Å². The average Bonchev–Trinajstić information content (AvgIpc) is 2.79. The van der Waals surface area contributed by atoms with Crippen LogP contribution in [0.3, 0.4) is 0 Å². The van der Waals surface area contributed by atoms with Crippen LogP contribution in [0.5, 0.6) is 0 Å². The third-order valence-electron chi connectivity index (χ3n) is 4.76. The molecule has 0 heterocycles. The van der Waals surface area contributed by atoms with E-state index in [0.717, 1.165) is 16.7 Å². The van der Waals surface area contributed by atoms with Gasteiger partial charge in [-0.3, -0.25) is 9.59 Å². The first-order valence-corrected chi connectivity index (χ1v) is 9.87. The number of methoxy groups -OCH3 is 1. The summed E-state index contributed by atoms with van der Waals surface area (Å²) in [4.78, 5) is 36.0. The van der Waals surface area contributed by atoms with Crippen molar-refractivity contribution < 1.29 is 19.1 Å². The number of rotatable bonds is 7. The van der Waals surface area contributed by atoms with Gasteiger partial charge in [-0.1, -0.05) is 54.6 Å². The summed E-state index contributed by atoms with van der Waals surface area (Å²) in [7, 11) is 1.29. The molecule has 0 unspecified atom stereocenters. The summed E-state index contributed by atoms with van der Waals surface area (Å²) < 4.78 is 4.88. The minimum Gasteiger partial charge on any atom is -0.467 e. The van der Waals surface area contributed by atoms with E-state index in [-0.39, 0.29) is 5.91 Å². The number of amides is 2. The first-order chi connectivity index (χ1) is 15.0. The summed E-state index contributed by atoms with van der Waals surface area (Å²) >= 11 is 0. The van der Waals surface area contributed by atoms with Crippen LogP contribution in [0.4, 0.5) is 5.69 Å². The lowest BCUT2D eigenvalue weighted by Crippen LogP contribution is -2.43. The van der Waals surface area contributed by atoms with E-state index in [1.807, 2.05) is 54.6 Å². The number of ether oxygens (including phenoxy) is 1. The number of carbonyl (C=O) groups excluding carboxylic acids is 3. The van der Waals surface area contributed by atoms with Crippen LogP contribution in [0.1, 0.15) is 22.8 Å². The molecule has 2 amide bonds. The minimum atomic E-state index is -0.824. The van der Waals surface area contributed by atoms with Gasteiger partial charge in [0.1, 0.15) is 6.04 Å². The normalized spacial score (nSPS) is 11.3. The largest absolute Gasteiger partial charge is 0.467 e. The predicted molar refractivity (Wildman–Crippen MR) is 120 cm³/mol. The molecule has 0 aliphatic rings. The predicted octanol–water partition coefficient (Wildman–Crippen LogP) is 3.83. The topological polar surface area (TPSA) is 84.5 Å². The van der Waals surface area contributed by atoms with E-state index >= 15 is 0 Å². The van der Waals surface area contributed by atoms with Crippen molar-refractivity contribution in [3.63, 3.8) is 0 Å². The van der Waals surface area contributed by atoms with E-state index < -0.39 is 17.9 Å². The van der Waals surface area contributed by atoms with Gasteiger partial charge in [-0.15, -0.1) is 0 Å². The SMILES string of the molecule is COC(=O)[C@H](Cc1ccc(-c2ccccc2)cc1)NC(=O)c1ccc(NC(C)=O)cc1. The number of esters is 1. The fourth-order valence-electron chi connectivity index (χ4n) is 3.18. The molecule has 31 heavy (non-hydrogen) atoms. The fraction of sp³-hybridized carbons (Fsp3) is 0.160. The lowest BCUT2D eigenvalue weighted by Gasteiger charge is -2.17. The zero-order chi connectivity index (χ0) is 22.2. The maximum atomic E-state index is 12.6. The highest BCUT2D eigenvalue weighted by Gasteiger charge is 2.22. The van der Waals surface area contributed by atoms with Crippen LogP contribution >= 0.6 is 0 Å². The molecule has 3 aromatic carbocycles. The Morgan fingerprint density at radius 1 is 0.839 bits per heavy atom. The number of nitrogens with one attached hydrogen (secondary N) is 2. The number of benzene rings is 3. The monoisotopic (exact) mass is 416 g/mol. The molecular formula is C25H24N2O4. The summed E-state index contributed by atoms with van der Waals surface area (Å²) in [6.45, 7) is 1.41. The molecule has 3 aromatic rings. The summed E-state index contributed by atoms with van der Waals surface area (Å²) in [6, 6.07) is 23.5. The Morgan fingerprint density at radius 2 is 1.45 bits per heavy atom. The van der Waals surface area contributed by atoms with Crippen LogP contribution in [0.2, 0.25) is 0 Å². The third kappa shape index (κ3) is 6.02. The Bertz CT molecular complexity index is 1050. The van der Waals surface area contributed by atoms with Gasteiger partial charge in [0.2, 0.25) is 5.91 Å². The van der Waals surface area contributed by atoms with Crippen LogP contribution in [-0.2, 0) is 20.7 Å². The Labute approximate surface area is 181 Å². The summed E-state index contributed by atoms with van der Waals surface area (Å²) in [6.07, 6.45) is 0.303. The van der Waals surface area contributed by atoms with E-state index in [1.165, 1.54) is 14.0 Å². The molecule has 0 spiro atoms. The third-order valence-corrected chi connectivity index (χ3v) is 4.76. The van der Waals surface area contributed by atoms with Crippen LogP contribution in [0.15, 0.2) is 78.9 Å². The molecule has 1 atom stereocenters. The quantitative estimate of drug-likeness (QED) is 0.574. The highest BCUT2D eigenvalue weighted by atomic mass is 16.5. The molecule has 0 bridgehead atoms. The van der Waals surface area contributed by atoms with Gasteiger partial charge in [0.15, 0.2) is 0 Å². The van der Waals surface area contributed by atoms with E-state index in [0.29, 0.717) is 17.7 Å².